The number of fused-ring (bicyclic) bond motifs is 2. The predicted octanol–water partition coefficient (Wildman–Crippen LogP) is 4.99. The molecule has 6 rings (SSSR count). The van der Waals surface area contributed by atoms with Gasteiger partial charge in [0.15, 0.2) is 18.7 Å². The molecule has 0 saturated carbocycles. The lowest BCUT2D eigenvalue weighted by molar-refractivity contribution is -0.315. The summed E-state index contributed by atoms with van der Waals surface area (Å²) >= 11 is 0. The van der Waals surface area contributed by atoms with Gasteiger partial charge in [0, 0.05) is 44.9 Å². The van der Waals surface area contributed by atoms with Gasteiger partial charge in [0.05, 0.1) is 59.3 Å². The first-order valence-electron chi connectivity index (χ1n) is 22.9. The van der Waals surface area contributed by atoms with Crippen LogP contribution in [-0.4, -0.2) is 150 Å². The van der Waals surface area contributed by atoms with E-state index in [2.05, 4.69) is 5.32 Å². The van der Waals surface area contributed by atoms with E-state index in [1.807, 2.05) is 75.2 Å². The van der Waals surface area contributed by atoms with Crippen LogP contribution in [0.5, 0.6) is 0 Å². The van der Waals surface area contributed by atoms with Crippen LogP contribution in [-0.2, 0) is 47.5 Å². The van der Waals surface area contributed by atoms with Crippen molar-refractivity contribution >= 4 is 34.4 Å². The molecule has 0 aliphatic carbocycles. The average molecular weight is 900 g/mol. The second-order valence-corrected chi connectivity index (χ2v) is 19.4. The Bertz CT molecular complexity index is 1960. The average Bonchev–Trinajstić information content (AvgIpc) is 3.57. The summed E-state index contributed by atoms with van der Waals surface area (Å²) in [5.41, 5.74) is -3.51. The molecule has 2 aromatic carbocycles. The van der Waals surface area contributed by atoms with E-state index in [1.165, 1.54) is 14.0 Å². The molecule has 4 N–H and O–H groups in total. The lowest BCUT2D eigenvalue weighted by Crippen LogP contribution is -2.60. The van der Waals surface area contributed by atoms with Gasteiger partial charge in [-0.1, -0.05) is 57.2 Å². The third kappa shape index (κ3) is 9.96. The smallest absolute Gasteiger partial charge is 0.311 e. The third-order valence-corrected chi connectivity index (χ3v) is 14.5. The summed E-state index contributed by atoms with van der Waals surface area (Å²) in [6, 6.07) is 13.3. The maximum atomic E-state index is 14.5. The lowest BCUT2D eigenvalue weighted by Gasteiger charge is -2.49. The van der Waals surface area contributed by atoms with Crippen molar-refractivity contribution in [3.63, 3.8) is 0 Å². The molecule has 358 valence electrons. The second-order valence-electron chi connectivity index (χ2n) is 19.4. The highest BCUT2D eigenvalue weighted by Crippen LogP contribution is 2.42. The predicted molar refractivity (Wildman–Crippen MR) is 238 cm³/mol. The van der Waals surface area contributed by atoms with Gasteiger partial charge in [-0.25, -0.2) is 0 Å². The molecule has 0 spiro atoms. The van der Waals surface area contributed by atoms with Crippen molar-refractivity contribution in [3.8, 4) is 0 Å². The number of ether oxygens (including phenoxy) is 8. The number of amidine groups is 1. The van der Waals surface area contributed by atoms with Crippen LogP contribution in [0.1, 0.15) is 94.9 Å². The molecular weight excluding hydrogens is 827 g/mol. The second kappa shape index (κ2) is 19.8. The Hall–Kier alpha value is -3.45. The van der Waals surface area contributed by atoms with E-state index in [-0.39, 0.29) is 31.4 Å². The van der Waals surface area contributed by atoms with Crippen molar-refractivity contribution in [2.45, 2.75) is 185 Å². The maximum absolute atomic E-state index is 14.5. The molecule has 0 aromatic heterocycles. The zero-order chi connectivity index (χ0) is 47.1. The largest absolute Gasteiger partial charge is 0.459 e. The van der Waals surface area contributed by atoms with Gasteiger partial charge in [-0.3, -0.25) is 9.59 Å². The zero-order valence-electron chi connectivity index (χ0n) is 39.8. The molecule has 0 unspecified atom stereocenters. The minimum atomic E-state index is -1.96. The molecule has 16 heteroatoms. The Morgan fingerprint density at radius 1 is 0.875 bits per heavy atom. The van der Waals surface area contributed by atoms with Crippen molar-refractivity contribution in [2.24, 2.45) is 22.7 Å². The fourth-order valence-corrected chi connectivity index (χ4v) is 10.3. The number of esters is 1. The fraction of sp³-hybridized carbons (Fsp3) is 0.729. The lowest BCUT2D eigenvalue weighted by atomic mass is 9.77. The van der Waals surface area contributed by atoms with Crippen LogP contribution in [0.15, 0.2) is 47.5 Å². The molecular formula is C48H73N3O13. The maximum Gasteiger partial charge on any atom is 0.311 e. The normalized spacial score (nSPS) is 43.5. The topological polar surface area (TPSA) is 196 Å². The number of nitrogens with one attached hydrogen (secondary N) is 1. The van der Waals surface area contributed by atoms with Crippen LogP contribution in [0.25, 0.3) is 10.8 Å². The monoisotopic (exact) mass is 900 g/mol. The Morgan fingerprint density at radius 2 is 1.55 bits per heavy atom. The first kappa shape index (κ1) is 50.0. The van der Waals surface area contributed by atoms with Gasteiger partial charge in [-0.15, -0.1) is 0 Å². The number of likely N-dealkylation sites (N-methyl/N-ethyl adjacent to an activating group) is 1. The van der Waals surface area contributed by atoms with Crippen molar-refractivity contribution in [3.05, 3.63) is 42.5 Å². The Labute approximate surface area is 378 Å². The van der Waals surface area contributed by atoms with E-state index in [4.69, 9.17) is 42.9 Å². The number of hydrogen-bond donors (Lipinski definition) is 4. The van der Waals surface area contributed by atoms with Crippen molar-refractivity contribution < 1.29 is 62.8 Å². The third-order valence-electron chi connectivity index (χ3n) is 14.5. The number of carbonyl (C=O) groups is 2. The van der Waals surface area contributed by atoms with Gasteiger partial charge in [0.2, 0.25) is 5.91 Å². The molecule has 0 radical (unpaired) electrons. The zero-order valence-corrected chi connectivity index (χ0v) is 39.8. The molecule has 16 nitrogen and oxygen atoms in total. The molecule has 64 heavy (non-hydrogen) atoms. The van der Waals surface area contributed by atoms with Gasteiger partial charge in [0.1, 0.15) is 23.9 Å². The number of aliphatic imine (C=N–C) groups is 1. The minimum Gasteiger partial charge on any atom is -0.459 e. The van der Waals surface area contributed by atoms with Crippen LogP contribution in [0.2, 0.25) is 0 Å². The SMILES string of the molecule is CC[C@H]1OC(=O)[C@H](C)[C@@H](O[C@@H]2C[C@@](C)(OC)[C@@H](O)[C@H](C)O2)[C@H](C)[C@@H](O[C@H]2O[C@H](C)C[C@H]3[C@H]2OC(=Nc2cccc4ccccc24)N3C)[C@](C)(OC)C[C@@H](C)C(=O)N[C@H](C)[C@@H](O)[C@]1(C)O. The molecule has 2 aromatic rings. The van der Waals surface area contributed by atoms with Gasteiger partial charge >= 0.3 is 5.97 Å². The highest BCUT2D eigenvalue weighted by Gasteiger charge is 2.55. The number of carbonyl (C=O) groups excluding carboxylic acids is 2. The van der Waals surface area contributed by atoms with Crippen LogP contribution < -0.4 is 5.32 Å². The van der Waals surface area contributed by atoms with Crippen molar-refractivity contribution in [1.82, 2.24) is 10.2 Å². The summed E-state index contributed by atoms with van der Waals surface area (Å²) in [5.74, 6) is -3.57. The van der Waals surface area contributed by atoms with Gasteiger partial charge in [0.25, 0.3) is 6.02 Å². The summed E-state index contributed by atoms with van der Waals surface area (Å²) in [6.45, 7) is 17.4. The summed E-state index contributed by atoms with van der Waals surface area (Å²) < 4.78 is 52.1. The number of aliphatic hydroxyl groups excluding tert-OH is 2. The number of benzene rings is 2. The number of hydrogen-bond acceptors (Lipinski definition) is 14. The van der Waals surface area contributed by atoms with Gasteiger partial charge in [-0.2, -0.15) is 4.99 Å². The molecule has 4 saturated heterocycles. The van der Waals surface area contributed by atoms with E-state index in [0.29, 0.717) is 12.4 Å². The Balaban J connectivity index is 1.44. The molecule has 4 fully saturated rings. The highest BCUT2D eigenvalue weighted by molar-refractivity contribution is 5.95. The van der Waals surface area contributed by atoms with Crippen LogP contribution in [0, 0.1) is 17.8 Å². The Kier molecular flexibility index (Phi) is 15.5. The number of rotatable bonds is 8. The van der Waals surface area contributed by atoms with Gasteiger partial charge < -0.3 is 63.4 Å². The van der Waals surface area contributed by atoms with E-state index in [0.717, 1.165) is 16.5 Å². The first-order valence-corrected chi connectivity index (χ1v) is 22.9. The first-order chi connectivity index (χ1) is 30.1. The number of amides is 1. The summed E-state index contributed by atoms with van der Waals surface area (Å²) in [5, 5.41) is 39.3. The highest BCUT2D eigenvalue weighted by atomic mass is 16.7. The molecule has 4 aliphatic heterocycles. The van der Waals surface area contributed by atoms with Crippen molar-refractivity contribution in [1.29, 1.82) is 0 Å². The number of cyclic esters (lactones) is 1. The number of nitrogens with zero attached hydrogens (tertiary/aromatic N) is 2. The molecule has 1 amide bonds. The van der Waals surface area contributed by atoms with Gasteiger partial charge in [-0.05, 0) is 79.2 Å². The van der Waals surface area contributed by atoms with E-state index in [1.54, 1.807) is 48.7 Å². The van der Waals surface area contributed by atoms with E-state index >= 15 is 0 Å². The number of aliphatic hydroxyl groups is 3. The van der Waals surface area contributed by atoms with E-state index < -0.39 is 108 Å². The van der Waals surface area contributed by atoms with Crippen LogP contribution in [0.4, 0.5) is 5.69 Å². The van der Waals surface area contributed by atoms with Crippen molar-refractivity contribution in [2.75, 3.05) is 21.3 Å². The summed E-state index contributed by atoms with van der Waals surface area (Å²) in [4.78, 5) is 35.6. The summed E-state index contributed by atoms with van der Waals surface area (Å²) in [6.07, 6.45) is -8.20. The quantitative estimate of drug-likeness (QED) is 0.259. The number of methoxy groups -OCH3 is 2. The standard InChI is InChI=1S/C48H73N3O13/c1-14-35-48(10,56)39(52)29(6)49-42(54)25(2)23-47(9,58-13)41(27(4)37(28(5)43(55)61-35)62-36-24-46(8,57-12)40(53)30(7)60-36)64-44-38-34(22-26(3)59-44)51(11)45(63-38)50-33-21-17-19-31-18-15-16-20-32(31)33/h15-21,25-30,34-41,44,52-53,56H,14,22-24H2,1-13H3,(H,49,54)/t25-,26-,27+,28-,29-,30+,34+,35-,36-,37+,38-,39-,40+,41-,44-,46-,47-,48-/m1/s1. The molecule has 4 aliphatic rings. The molecule has 0 bridgehead atoms. The fourth-order valence-electron chi connectivity index (χ4n) is 10.3. The van der Waals surface area contributed by atoms with E-state index in [9.17, 15) is 24.9 Å². The Morgan fingerprint density at radius 3 is 2.22 bits per heavy atom. The van der Waals surface area contributed by atoms with Crippen LogP contribution >= 0.6 is 0 Å². The molecule has 18 atom stereocenters. The molecule has 4 heterocycles. The summed E-state index contributed by atoms with van der Waals surface area (Å²) in [7, 11) is 5.01. The minimum absolute atomic E-state index is 0.114. The van der Waals surface area contributed by atoms with Crippen LogP contribution in [0.3, 0.4) is 0 Å².